The van der Waals surface area contributed by atoms with Crippen LogP contribution in [0.25, 0.3) is 0 Å². The fourth-order valence-electron chi connectivity index (χ4n) is 2.57. The highest BCUT2D eigenvalue weighted by atomic mass is 16.7. The van der Waals surface area contributed by atoms with Crippen LogP contribution >= 0.6 is 0 Å². The van der Waals surface area contributed by atoms with Gasteiger partial charge in [0, 0.05) is 19.6 Å². The lowest BCUT2D eigenvalue weighted by molar-refractivity contribution is -0.269. The summed E-state index contributed by atoms with van der Waals surface area (Å²) < 4.78 is 17.1. The van der Waals surface area contributed by atoms with Gasteiger partial charge in [0.2, 0.25) is 0 Å². The first-order valence-corrected chi connectivity index (χ1v) is 8.24. The lowest BCUT2D eigenvalue weighted by atomic mass is 10.1. The van der Waals surface area contributed by atoms with Gasteiger partial charge in [0.1, 0.15) is 0 Å². The van der Waals surface area contributed by atoms with Gasteiger partial charge in [-0.3, -0.25) is 0 Å². The Morgan fingerprint density at radius 3 is 2.52 bits per heavy atom. The maximum atomic E-state index is 9.68. The zero-order valence-electron chi connectivity index (χ0n) is 13.7. The van der Waals surface area contributed by atoms with Crippen LogP contribution in [0.4, 0.5) is 0 Å². The van der Waals surface area contributed by atoms with Crippen LogP contribution in [-0.4, -0.2) is 47.7 Å². The maximum Gasteiger partial charge on any atom is 0.164 e. The molecule has 3 atom stereocenters. The molecule has 0 unspecified atom stereocenters. The first kappa shape index (κ1) is 18.8. The van der Waals surface area contributed by atoms with E-state index in [1.807, 2.05) is 0 Å². The van der Waals surface area contributed by atoms with Gasteiger partial charge in [0.15, 0.2) is 12.1 Å². The molecule has 0 spiro atoms. The van der Waals surface area contributed by atoms with Gasteiger partial charge in [-0.2, -0.15) is 0 Å². The topological polar surface area (TPSA) is 68.2 Å². The van der Waals surface area contributed by atoms with Gasteiger partial charge in [0.25, 0.3) is 0 Å². The molecular weight excluding hydrogens is 272 g/mol. The number of aliphatic hydroxyl groups excluding tert-OH is 1. The Bertz CT molecular complexity index is 264. The molecule has 21 heavy (non-hydrogen) atoms. The van der Waals surface area contributed by atoms with Gasteiger partial charge in [-0.25, -0.2) is 0 Å². The molecule has 0 amide bonds. The minimum Gasteiger partial charge on any atom is -0.396 e. The van der Waals surface area contributed by atoms with Gasteiger partial charge in [-0.05, 0) is 26.7 Å². The molecule has 0 aromatic heterocycles. The molecule has 1 aliphatic heterocycles. The van der Waals surface area contributed by atoms with Gasteiger partial charge in [-0.15, -0.1) is 0 Å². The van der Waals surface area contributed by atoms with Crippen LogP contribution < -0.4 is 0 Å². The minimum absolute atomic E-state index is 0.0596. The van der Waals surface area contributed by atoms with Crippen molar-refractivity contribution in [3.05, 3.63) is 0 Å². The summed E-state index contributed by atoms with van der Waals surface area (Å²) in [5, 5.41) is 18.8. The Balaban J connectivity index is 2.29. The van der Waals surface area contributed by atoms with E-state index in [-0.39, 0.29) is 18.8 Å². The Hall–Kier alpha value is -0.200. The van der Waals surface area contributed by atoms with Gasteiger partial charge >= 0.3 is 0 Å². The molecule has 126 valence electrons. The summed E-state index contributed by atoms with van der Waals surface area (Å²) in [5.41, 5.74) is 0. The third-order valence-corrected chi connectivity index (χ3v) is 3.58. The van der Waals surface area contributed by atoms with Crippen molar-refractivity contribution in [1.82, 2.24) is 0 Å². The molecular formula is C16H32O5. The molecule has 0 radical (unpaired) electrons. The van der Waals surface area contributed by atoms with Gasteiger partial charge in [0.05, 0.1) is 12.2 Å². The smallest absolute Gasteiger partial charge is 0.164 e. The van der Waals surface area contributed by atoms with Crippen LogP contribution in [0.1, 0.15) is 65.7 Å². The molecule has 1 saturated heterocycles. The largest absolute Gasteiger partial charge is 0.396 e. The second-order valence-electron chi connectivity index (χ2n) is 6.24. The standard InChI is InChI=1S/C16H32O5/c1-4-5-6-7-8-11-19-14-12-15(21-16(2,3)18)20-13(14)9-10-17/h13-15,17-18H,4-12H2,1-3H3/t13-,14-,15-/m1/s1. The van der Waals surface area contributed by atoms with Crippen LogP contribution in [0, 0.1) is 0 Å². The summed E-state index contributed by atoms with van der Waals surface area (Å²) in [6.45, 7) is 6.15. The third kappa shape index (κ3) is 8.12. The second kappa shape index (κ2) is 9.74. The highest BCUT2D eigenvalue weighted by Gasteiger charge is 2.38. The Kier molecular flexibility index (Phi) is 8.74. The van der Waals surface area contributed by atoms with Crippen LogP contribution in [0.5, 0.6) is 0 Å². The highest BCUT2D eigenvalue weighted by molar-refractivity contribution is 4.80. The Morgan fingerprint density at radius 1 is 1.19 bits per heavy atom. The van der Waals surface area contributed by atoms with Crippen LogP contribution in [0.15, 0.2) is 0 Å². The number of ether oxygens (including phenoxy) is 3. The molecule has 1 rings (SSSR count). The van der Waals surface area contributed by atoms with Crippen molar-refractivity contribution in [3.8, 4) is 0 Å². The molecule has 1 aliphatic rings. The molecule has 0 aromatic carbocycles. The lowest BCUT2D eigenvalue weighted by Gasteiger charge is -2.23. The van der Waals surface area contributed by atoms with Crippen molar-refractivity contribution in [2.45, 2.75) is 90.0 Å². The summed E-state index contributed by atoms with van der Waals surface area (Å²) in [6, 6.07) is 0. The summed E-state index contributed by atoms with van der Waals surface area (Å²) in [5.74, 6) is -1.22. The van der Waals surface area contributed by atoms with E-state index in [4.69, 9.17) is 19.3 Å². The molecule has 0 saturated carbocycles. The van der Waals surface area contributed by atoms with Crippen molar-refractivity contribution in [2.75, 3.05) is 13.2 Å². The fourth-order valence-corrected chi connectivity index (χ4v) is 2.57. The van der Waals surface area contributed by atoms with Crippen molar-refractivity contribution < 1.29 is 24.4 Å². The lowest BCUT2D eigenvalue weighted by Crippen LogP contribution is -2.30. The molecule has 1 heterocycles. The minimum atomic E-state index is -1.22. The number of unbranched alkanes of at least 4 members (excludes halogenated alkanes) is 4. The normalized spacial score (nSPS) is 26.4. The van der Waals surface area contributed by atoms with E-state index in [1.165, 1.54) is 25.7 Å². The SMILES string of the molecule is CCCCCCCO[C@@H]1C[C@@H](OC(C)(C)O)O[C@@H]1CCO. The zero-order valence-corrected chi connectivity index (χ0v) is 13.7. The van der Waals surface area contributed by atoms with Crippen LogP contribution in [0.3, 0.4) is 0 Å². The first-order valence-electron chi connectivity index (χ1n) is 8.24. The van der Waals surface area contributed by atoms with E-state index in [2.05, 4.69) is 6.92 Å². The number of hydrogen-bond donors (Lipinski definition) is 2. The van der Waals surface area contributed by atoms with E-state index in [9.17, 15) is 5.11 Å². The average Bonchev–Trinajstić information content (AvgIpc) is 2.74. The van der Waals surface area contributed by atoms with Crippen LogP contribution in [0.2, 0.25) is 0 Å². The second-order valence-corrected chi connectivity index (χ2v) is 6.24. The quantitative estimate of drug-likeness (QED) is 0.453. The predicted octanol–water partition coefficient (Wildman–Crippen LogP) is 2.58. The predicted molar refractivity (Wildman–Crippen MR) is 80.9 cm³/mol. The molecule has 1 fully saturated rings. The summed E-state index contributed by atoms with van der Waals surface area (Å²) >= 11 is 0. The molecule has 0 aliphatic carbocycles. The van der Waals surface area contributed by atoms with E-state index in [0.29, 0.717) is 12.8 Å². The van der Waals surface area contributed by atoms with Gasteiger partial charge < -0.3 is 24.4 Å². The zero-order chi connectivity index (χ0) is 15.7. The van der Waals surface area contributed by atoms with Crippen molar-refractivity contribution in [2.24, 2.45) is 0 Å². The van der Waals surface area contributed by atoms with E-state index >= 15 is 0 Å². The van der Waals surface area contributed by atoms with Crippen molar-refractivity contribution in [1.29, 1.82) is 0 Å². The summed E-state index contributed by atoms with van der Waals surface area (Å²) in [7, 11) is 0. The fraction of sp³-hybridized carbons (Fsp3) is 1.00. The molecule has 0 bridgehead atoms. The van der Waals surface area contributed by atoms with Gasteiger partial charge in [-0.1, -0.05) is 32.6 Å². The average molecular weight is 304 g/mol. The molecule has 5 heteroatoms. The number of aliphatic hydroxyl groups is 2. The van der Waals surface area contributed by atoms with Crippen LogP contribution in [-0.2, 0) is 14.2 Å². The Labute approximate surface area is 128 Å². The highest BCUT2D eigenvalue weighted by Crippen LogP contribution is 2.28. The number of rotatable bonds is 11. The monoisotopic (exact) mass is 304 g/mol. The van der Waals surface area contributed by atoms with Crippen molar-refractivity contribution >= 4 is 0 Å². The van der Waals surface area contributed by atoms with E-state index < -0.39 is 12.1 Å². The van der Waals surface area contributed by atoms with E-state index in [1.54, 1.807) is 13.8 Å². The van der Waals surface area contributed by atoms with E-state index in [0.717, 1.165) is 13.0 Å². The Morgan fingerprint density at radius 2 is 1.90 bits per heavy atom. The summed E-state index contributed by atoms with van der Waals surface area (Å²) in [4.78, 5) is 0. The number of hydrogen-bond acceptors (Lipinski definition) is 5. The third-order valence-electron chi connectivity index (χ3n) is 3.58. The summed E-state index contributed by atoms with van der Waals surface area (Å²) in [6.07, 6.45) is 6.48. The molecule has 0 aromatic rings. The van der Waals surface area contributed by atoms with Crippen molar-refractivity contribution in [3.63, 3.8) is 0 Å². The molecule has 5 nitrogen and oxygen atoms in total. The first-order chi connectivity index (χ1) is 9.96. The molecule has 2 N–H and O–H groups in total. The maximum absolute atomic E-state index is 9.68.